The molecule has 0 spiro atoms. The molecule has 1 aliphatic carbocycles. The molecule has 0 saturated heterocycles. The van der Waals surface area contributed by atoms with E-state index < -0.39 is 0 Å². The van der Waals surface area contributed by atoms with Crippen molar-refractivity contribution in [3.05, 3.63) is 217 Å². The van der Waals surface area contributed by atoms with Crippen molar-refractivity contribution in [3.8, 4) is 33.4 Å². The quantitative estimate of drug-likeness (QED) is 0.168. The molecule has 0 amide bonds. The molecule has 0 fully saturated rings. The van der Waals surface area contributed by atoms with Gasteiger partial charge in [0.1, 0.15) is 11.2 Å². The zero-order valence-electron chi connectivity index (χ0n) is 31.0. The molecule has 0 unspecified atom stereocenters. The number of benzene rings is 8. The second-order valence-corrected chi connectivity index (χ2v) is 14.4. The van der Waals surface area contributed by atoms with Crippen LogP contribution in [0.15, 0.2) is 216 Å². The molecule has 1 aromatic heterocycles. The van der Waals surface area contributed by atoms with E-state index in [9.17, 15) is 0 Å². The number of nitrogens with zero attached hydrogens (tertiary/aromatic N) is 1. The maximum absolute atomic E-state index is 6.83. The Morgan fingerprint density at radius 2 is 1.20 bits per heavy atom. The van der Waals surface area contributed by atoms with Crippen molar-refractivity contribution in [2.45, 2.75) is 6.92 Å². The van der Waals surface area contributed by atoms with E-state index in [0.29, 0.717) is 5.70 Å². The molecule has 10 rings (SSSR count). The molecule has 1 aliphatic rings. The van der Waals surface area contributed by atoms with Crippen LogP contribution in [0.5, 0.6) is 0 Å². The number of fused-ring (bicyclic) bond motifs is 5. The summed E-state index contributed by atoms with van der Waals surface area (Å²) >= 11 is 0. The molecule has 0 N–H and O–H groups in total. The Balaban J connectivity index is 1.07. The van der Waals surface area contributed by atoms with Gasteiger partial charge in [0.2, 0.25) is 0 Å². The number of rotatable bonds is 6. The molecule has 8 aromatic carbocycles. The first-order chi connectivity index (χ1) is 27.6. The molecular formula is C54H37NO. The van der Waals surface area contributed by atoms with E-state index in [4.69, 9.17) is 9.41 Å². The van der Waals surface area contributed by atoms with E-state index >= 15 is 0 Å². The third-order valence-electron chi connectivity index (χ3n) is 11.1. The van der Waals surface area contributed by atoms with Crippen LogP contribution in [-0.2, 0) is 0 Å². The number of aliphatic imine (C=N–C) groups is 1. The summed E-state index contributed by atoms with van der Waals surface area (Å²) in [7, 11) is 0. The van der Waals surface area contributed by atoms with E-state index in [0.717, 1.165) is 77.4 Å². The molecule has 2 heteroatoms. The SMILES string of the molecule is C=C(/N=C1/C=CC=C/C1=C(/C)c1ccc(-c2cccc3ccccc23)cc1)c1ccc(-c2cccc(-c3ccccc3)c2)c2oc3cc4ccccc4cc3c12. The second-order valence-electron chi connectivity index (χ2n) is 14.4. The maximum atomic E-state index is 6.83. The second kappa shape index (κ2) is 13.8. The Hall–Kier alpha value is -7.29. The summed E-state index contributed by atoms with van der Waals surface area (Å²) in [6.07, 6.45) is 8.36. The first kappa shape index (κ1) is 33.3. The molecule has 0 aliphatic heterocycles. The van der Waals surface area contributed by atoms with Crippen molar-refractivity contribution in [3.63, 3.8) is 0 Å². The fourth-order valence-electron chi connectivity index (χ4n) is 8.16. The van der Waals surface area contributed by atoms with Gasteiger partial charge >= 0.3 is 0 Å². The van der Waals surface area contributed by atoms with Crippen molar-refractivity contribution in [1.29, 1.82) is 0 Å². The van der Waals surface area contributed by atoms with Gasteiger partial charge in [0.15, 0.2) is 0 Å². The molecule has 9 aromatic rings. The highest BCUT2D eigenvalue weighted by Crippen LogP contribution is 2.42. The van der Waals surface area contributed by atoms with Crippen molar-refractivity contribution in [1.82, 2.24) is 0 Å². The van der Waals surface area contributed by atoms with Crippen LogP contribution >= 0.6 is 0 Å². The fourth-order valence-corrected chi connectivity index (χ4v) is 8.16. The molecule has 2 nitrogen and oxygen atoms in total. The summed E-state index contributed by atoms with van der Waals surface area (Å²) in [4.78, 5) is 5.27. The predicted molar refractivity (Wildman–Crippen MR) is 239 cm³/mol. The lowest BCUT2D eigenvalue weighted by Gasteiger charge is -2.15. The largest absolute Gasteiger partial charge is 0.455 e. The highest BCUT2D eigenvalue weighted by Gasteiger charge is 2.20. The zero-order valence-corrected chi connectivity index (χ0v) is 31.0. The topological polar surface area (TPSA) is 25.5 Å². The van der Waals surface area contributed by atoms with Gasteiger partial charge in [0.05, 0.1) is 11.4 Å². The highest BCUT2D eigenvalue weighted by molar-refractivity contribution is 6.20. The van der Waals surface area contributed by atoms with Gasteiger partial charge in [-0.1, -0.05) is 170 Å². The Kier molecular flexibility index (Phi) is 8.23. The Labute approximate surface area is 326 Å². The van der Waals surface area contributed by atoms with Crippen LogP contribution in [0, 0.1) is 0 Å². The Morgan fingerprint density at radius 3 is 2.04 bits per heavy atom. The summed E-state index contributed by atoms with van der Waals surface area (Å²) in [6.45, 7) is 6.78. The lowest BCUT2D eigenvalue weighted by atomic mass is 9.92. The van der Waals surface area contributed by atoms with Crippen molar-refractivity contribution in [2.75, 3.05) is 0 Å². The lowest BCUT2D eigenvalue weighted by Crippen LogP contribution is -2.03. The van der Waals surface area contributed by atoms with Crippen LogP contribution in [0.1, 0.15) is 18.1 Å². The van der Waals surface area contributed by atoms with Gasteiger partial charge in [-0.3, -0.25) is 0 Å². The van der Waals surface area contributed by atoms with E-state index in [1.807, 2.05) is 12.1 Å². The normalized spacial score (nSPS) is 14.3. The minimum atomic E-state index is 0.682. The van der Waals surface area contributed by atoms with Crippen LogP contribution < -0.4 is 0 Å². The molecule has 0 bridgehead atoms. The maximum Gasteiger partial charge on any atom is 0.143 e. The van der Waals surface area contributed by atoms with Crippen LogP contribution in [0.25, 0.3) is 88.1 Å². The van der Waals surface area contributed by atoms with Crippen LogP contribution in [0.2, 0.25) is 0 Å². The van der Waals surface area contributed by atoms with E-state index in [2.05, 4.69) is 196 Å². The predicted octanol–water partition coefficient (Wildman–Crippen LogP) is 14.9. The molecule has 0 saturated carbocycles. The van der Waals surface area contributed by atoms with Crippen LogP contribution in [-0.4, -0.2) is 5.71 Å². The third kappa shape index (κ3) is 5.89. The molecule has 56 heavy (non-hydrogen) atoms. The monoisotopic (exact) mass is 715 g/mol. The number of hydrogen-bond donors (Lipinski definition) is 0. The summed E-state index contributed by atoms with van der Waals surface area (Å²) in [5, 5.41) is 6.87. The van der Waals surface area contributed by atoms with Gasteiger partial charge in [-0.05, 0) is 97.8 Å². The standard InChI is InChI=1S/C54H37NO/c1-35(37-26-28-40(29-27-37)48-24-13-19-39-16-8-9-23-47(39)48)45-22-10-11-25-51(45)55-36(2)46-30-31-49(44-21-12-20-41(32-44)38-14-4-3-5-15-38)54-53(46)50-33-42-17-6-7-18-43(42)34-52(50)56-54/h3-34H,2H2,1H3/b45-35+,55-51-. The van der Waals surface area contributed by atoms with Gasteiger partial charge < -0.3 is 4.42 Å². The fraction of sp³-hybridized carbons (Fsp3) is 0.0185. The van der Waals surface area contributed by atoms with Crippen molar-refractivity contribution >= 4 is 60.5 Å². The van der Waals surface area contributed by atoms with E-state index in [-0.39, 0.29) is 0 Å². The molecule has 0 atom stereocenters. The van der Waals surface area contributed by atoms with Crippen molar-refractivity contribution in [2.24, 2.45) is 4.99 Å². The average Bonchev–Trinajstić information content (AvgIpc) is 3.63. The summed E-state index contributed by atoms with van der Waals surface area (Å²) in [5.41, 5.74) is 14.5. The Bertz CT molecular complexity index is 3130. The molecule has 264 valence electrons. The minimum Gasteiger partial charge on any atom is -0.455 e. The Morgan fingerprint density at radius 1 is 0.518 bits per heavy atom. The number of hydrogen-bond acceptors (Lipinski definition) is 2. The first-order valence-electron chi connectivity index (χ1n) is 19.1. The van der Waals surface area contributed by atoms with Gasteiger partial charge in [0, 0.05) is 27.5 Å². The van der Waals surface area contributed by atoms with E-state index in [1.165, 1.54) is 27.5 Å². The molecular weight excluding hydrogens is 679 g/mol. The summed E-state index contributed by atoms with van der Waals surface area (Å²) in [5.74, 6) is 0. The third-order valence-corrected chi connectivity index (χ3v) is 11.1. The number of allylic oxidation sites excluding steroid dienone is 6. The zero-order chi connectivity index (χ0) is 37.6. The number of furan rings is 1. The van der Waals surface area contributed by atoms with Crippen LogP contribution in [0.4, 0.5) is 0 Å². The summed E-state index contributed by atoms with van der Waals surface area (Å²) < 4.78 is 6.83. The average molecular weight is 716 g/mol. The van der Waals surface area contributed by atoms with Gasteiger partial charge in [0.25, 0.3) is 0 Å². The molecule has 0 radical (unpaired) electrons. The van der Waals surface area contributed by atoms with Gasteiger partial charge in [-0.25, -0.2) is 4.99 Å². The molecule has 1 heterocycles. The van der Waals surface area contributed by atoms with Crippen molar-refractivity contribution < 1.29 is 4.42 Å². The lowest BCUT2D eigenvalue weighted by molar-refractivity contribution is 0.670. The highest BCUT2D eigenvalue weighted by atomic mass is 16.3. The van der Waals surface area contributed by atoms with Gasteiger partial charge in [-0.2, -0.15) is 0 Å². The first-order valence-corrected chi connectivity index (χ1v) is 19.1. The minimum absolute atomic E-state index is 0.682. The van der Waals surface area contributed by atoms with E-state index in [1.54, 1.807) is 0 Å². The smallest absolute Gasteiger partial charge is 0.143 e. The van der Waals surface area contributed by atoms with Gasteiger partial charge in [-0.15, -0.1) is 0 Å². The van der Waals surface area contributed by atoms with Crippen LogP contribution in [0.3, 0.4) is 0 Å². The summed E-state index contributed by atoms with van der Waals surface area (Å²) in [6, 6.07) is 60.3.